The Morgan fingerprint density at radius 1 is 1.00 bits per heavy atom. The number of sulfonamides is 1. The molecule has 8 nitrogen and oxygen atoms in total. The number of carbonyl (C=O) groups excluding carboxylic acids is 1. The van der Waals surface area contributed by atoms with Crippen LogP contribution in [-0.4, -0.2) is 40.9 Å². The largest absolute Gasteiger partial charge is 0.352 e. The van der Waals surface area contributed by atoms with Gasteiger partial charge in [-0.25, -0.2) is 13.1 Å². The van der Waals surface area contributed by atoms with Crippen molar-refractivity contribution >= 4 is 27.6 Å². The van der Waals surface area contributed by atoms with Gasteiger partial charge in [0.05, 0.1) is 4.90 Å². The molecule has 3 N–H and O–H groups in total. The highest BCUT2D eigenvalue weighted by atomic mass is 32.2. The zero-order chi connectivity index (χ0) is 21.6. The number of nitrogens with one attached hydrogen (secondary N) is 3. The van der Waals surface area contributed by atoms with Crippen molar-refractivity contribution in [1.82, 2.24) is 15.4 Å². The molecule has 0 aliphatic carbocycles. The fourth-order valence-electron chi connectivity index (χ4n) is 3.21. The van der Waals surface area contributed by atoms with Crippen molar-refractivity contribution in [3.63, 3.8) is 0 Å². The monoisotopic (exact) mass is 429 g/mol. The molecule has 0 atom stereocenters. The van der Waals surface area contributed by atoms with Crippen LogP contribution in [0.3, 0.4) is 0 Å². The summed E-state index contributed by atoms with van der Waals surface area (Å²) in [5.41, 5.74) is 2.95. The van der Waals surface area contributed by atoms with E-state index in [2.05, 4.69) is 20.3 Å². The molecule has 0 unspecified atom stereocenters. The summed E-state index contributed by atoms with van der Waals surface area (Å²) < 4.78 is 25.9. The fraction of sp³-hybridized carbons (Fsp3) is 0.333. The summed E-state index contributed by atoms with van der Waals surface area (Å²) in [4.78, 5) is 18.1. The summed E-state index contributed by atoms with van der Waals surface area (Å²) in [6, 6.07) is 14.6. The van der Waals surface area contributed by atoms with Crippen molar-refractivity contribution in [3.05, 3.63) is 59.7 Å². The van der Waals surface area contributed by atoms with Crippen LogP contribution in [0.2, 0.25) is 0 Å². The van der Waals surface area contributed by atoms with Crippen molar-refractivity contribution in [1.29, 1.82) is 0 Å². The molecule has 0 aromatic heterocycles. The number of hydrogen-bond donors (Lipinski definition) is 3. The molecule has 1 fully saturated rings. The minimum Gasteiger partial charge on any atom is -0.352 e. The molecule has 1 amide bonds. The van der Waals surface area contributed by atoms with E-state index in [1.807, 2.05) is 29.2 Å². The van der Waals surface area contributed by atoms with E-state index < -0.39 is 10.0 Å². The molecule has 30 heavy (non-hydrogen) atoms. The van der Waals surface area contributed by atoms with Gasteiger partial charge in [-0.2, -0.15) is 0 Å². The van der Waals surface area contributed by atoms with Gasteiger partial charge in [-0.15, -0.1) is 0 Å². The highest BCUT2D eigenvalue weighted by Crippen LogP contribution is 2.21. The Kier molecular flexibility index (Phi) is 7.07. The van der Waals surface area contributed by atoms with Crippen LogP contribution < -0.4 is 20.3 Å². The Labute approximate surface area is 177 Å². The molecule has 1 heterocycles. The lowest BCUT2D eigenvalue weighted by atomic mass is 10.2. The first-order valence-electron chi connectivity index (χ1n) is 9.79. The average molecular weight is 430 g/mol. The van der Waals surface area contributed by atoms with Crippen molar-refractivity contribution in [2.45, 2.75) is 30.8 Å². The quantitative estimate of drug-likeness (QED) is 0.458. The zero-order valence-electron chi connectivity index (χ0n) is 17.2. The lowest BCUT2D eigenvalue weighted by molar-refractivity contribution is -0.117. The highest BCUT2D eigenvalue weighted by molar-refractivity contribution is 7.89. The second-order valence-electron chi connectivity index (χ2n) is 6.95. The average Bonchev–Trinajstić information content (AvgIpc) is 3.20. The Morgan fingerprint density at radius 2 is 1.57 bits per heavy atom. The number of guanidine groups is 1. The van der Waals surface area contributed by atoms with E-state index in [0.29, 0.717) is 25.5 Å². The Bertz CT molecular complexity index is 1000. The molecule has 2 aromatic rings. The number of amides is 1. The van der Waals surface area contributed by atoms with Crippen LogP contribution in [0.15, 0.2) is 58.4 Å². The van der Waals surface area contributed by atoms with Crippen LogP contribution in [-0.2, 0) is 27.9 Å². The van der Waals surface area contributed by atoms with Crippen LogP contribution in [0.5, 0.6) is 0 Å². The summed E-state index contributed by atoms with van der Waals surface area (Å²) in [6.45, 7) is 1.89. The highest BCUT2D eigenvalue weighted by Gasteiger charge is 2.21. The molecule has 1 aliphatic heterocycles. The van der Waals surface area contributed by atoms with Crippen molar-refractivity contribution in [3.8, 4) is 0 Å². The van der Waals surface area contributed by atoms with E-state index in [9.17, 15) is 13.2 Å². The number of nitrogens with zero attached hydrogens (tertiary/aromatic N) is 2. The van der Waals surface area contributed by atoms with E-state index in [-0.39, 0.29) is 10.8 Å². The molecule has 2 aromatic carbocycles. The minimum atomic E-state index is -3.43. The number of hydrogen-bond acceptors (Lipinski definition) is 4. The summed E-state index contributed by atoms with van der Waals surface area (Å²) in [6.07, 6.45) is 1.54. The van der Waals surface area contributed by atoms with Gasteiger partial charge in [-0.1, -0.05) is 24.3 Å². The first-order chi connectivity index (χ1) is 14.4. The third kappa shape index (κ3) is 5.37. The van der Waals surface area contributed by atoms with Crippen molar-refractivity contribution < 1.29 is 13.2 Å². The number of aliphatic imine (C=N–C) groups is 1. The van der Waals surface area contributed by atoms with Crippen LogP contribution in [0.4, 0.5) is 5.69 Å². The van der Waals surface area contributed by atoms with E-state index in [1.165, 1.54) is 7.05 Å². The predicted molar refractivity (Wildman–Crippen MR) is 118 cm³/mol. The second-order valence-corrected chi connectivity index (χ2v) is 8.83. The smallest absolute Gasteiger partial charge is 0.240 e. The molecule has 1 aliphatic rings. The van der Waals surface area contributed by atoms with Crippen LogP contribution in [0.25, 0.3) is 0 Å². The summed E-state index contributed by atoms with van der Waals surface area (Å²) in [5, 5.41) is 6.46. The number of rotatable bonds is 7. The molecule has 0 saturated carbocycles. The Morgan fingerprint density at radius 3 is 2.03 bits per heavy atom. The molecule has 0 bridgehead atoms. The maximum atomic E-state index is 11.8. The topological polar surface area (TPSA) is 103 Å². The Hall–Kier alpha value is -2.91. The molecule has 160 valence electrons. The summed E-state index contributed by atoms with van der Waals surface area (Å²) in [7, 11) is -0.347. The predicted octanol–water partition coefficient (Wildman–Crippen LogP) is 1.59. The Balaban J connectivity index is 1.51. The van der Waals surface area contributed by atoms with Gasteiger partial charge in [0.25, 0.3) is 0 Å². The van der Waals surface area contributed by atoms with Gasteiger partial charge in [0, 0.05) is 38.8 Å². The third-order valence-corrected chi connectivity index (χ3v) is 6.40. The zero-order valence-corrected chi connectivity index (χ0v) is 18.0. The van der Waals surface area contributed by atoms with E-state index in [1.54, 1.807) is 31.3 Å². The van der Waals surface area contributed by atoms with Crippen LogP contribution in [0.1, 0.15) is 24.0 Å². The number of carbonyl (C=O) groups is 1. The second kappa shape index (κ2) is 9.73. The molecule has 3 rings (SSSR count). The SMILES string of the molecule is CN=C(NCc1ccc(N2CCCC2=O)cc1)NCc1ccc(S(=O)(=O)NC)cc1. The van der Waals surface area contributed by atoms with Gasteiger partial charge < -0.3 is 15.5 Å². The normalized spacial score (nSPS) is 14.8. The molecule has 1 saturated heterocycles. The number of benzene rings is 2. The first kappa shape index (κ1) is 21.8. The van der Waals surface area contributed by atoms with Crippen LogP contribution >= 0.6 is 0 Å². The maximum Gasteiger partial charge on any atom is 0.240 e. The van der Waals surface area contributed by atoms with E-state index in [4.69, 9.17) is 0 Å². The first-order valence-corrected chi connectivity index (χ1v) is 11.3. The molecule has 0 radical (unpaired) electrons. The van der Waals surface area contributed by atoms with Gasteiger partial charge in [0.2, 0.25) is 15.9 Å². The van der Waals surface area contributed by atoms with E-state index >= 15 is 0 Å². The molecule has 9 heteroatoms. The molecule has 0 spiro atoms. The van der Waals surface area contributed by atoms with Crippen molar-refractivity contribution in [2.75, 3.05) is 25.5 Å². The standard InChI is InChI=1S/C21H27N5O3S/c1-22-21(25-15-17-7-11-19(12-8-17)30(28,29)23-2)24-14-16-5-9-18(10-6-16)26-13-3-4-20(26)27/h5-12,23H,3-4,13-15H2,1-2H3,(H2,22,24,25). The molecular weight excluding hydrogens is 402 g/mol. The minimum absolute atomic E-state index is 0.182. The maximum absolute atomic E-state index is 11.8. The third-order valence-electron chi connectivity index (χ3n) is 4.97. The number of anilines is 1. The van der Waals surface area contributed by atoms with Gasteiger partial charge in [-0.3, -0.25) is 9.79 Å². The van der Waals surface area contributed by atoms with Crippen LogP contribution in [0, 0.1) is 0 Å². The lowest BCUT2D eigenvalue weighted by Crippen LogP contribution is -2.36. The van der Waals surface area contributed by atoms with Gasteiger partial charge in [-0.05, 0) is 48.9 Å². The summed E-state index contributed by atoms with van der Waals surface area (Å²) >= 11 is 0. The van der Waals surface area contributed by atoms with Gasteiger partial charge >= 0.3 is 0 Å². The lowest BCUT2D eigenvalue weighted by Gasteiger charge is -2.16. The summed E-state index contributed by atoms with van der Waals surface area (Å²) in [5.74, 6) is 0.822. The van der Waals surface area contributed by atoms with Gasteiger partial charge in [0.15, 0.2) is 5.96 Å². The van der Waals surface area contributed by atoms with Crippen molar-refractivity contribution in [2.24, 2.45) is 4.99 Å². The fourth-order valence-corrected chi connectivity index (χ4v) is 3.94. The van der Waals surface area contributed by atoms with Gasteiger partial charge in [0.1, 0.15) is 0 Å². The van der Waals surface area contributed by atoms with E-state index in [0.717, 1.165) is 29.8 Å². The molecular formula is C21H27N5O3S.